The number of unbranched alkanes of at least 4 members (excludes halogenated alkanes) is 16. The van der Waals surface area contributed by atoms with E-state index in [0.29, 0.717) is 0 Å². The van der Waals surface area contributed by atoms with Crippen LogP contribution in [0.3, 0.4) is 0 Å². The van der Waals surface area contributed by atoms with Crippen LogP contribution in [0.2, 0.25) is 0 Å². The third kappa shape index (κ3) is 40.7. The molecule has 172 valence electrons. The molecular formula is C22H49O5P. The standard InChI is InChI=1S/C22H46O.H3O4P/c1-3-5-7-9-11-13-15-17-19-21-23-22-20-18-16-14-12-10-8-6-4-2;1-5(2,3)4/h3-22H2,1-2H3;(H3,1,2,3,4). The minimum atomic E-state index is -4.64. The highest BCUT2D eigenvalue weighted by Crippen LogP contribution is 2.25. The number of hydrogen-bond acceptors (Lipinski definition) is 2. The van der Waals surface area contributed by atoms with E-state index in [1.807, 2.05) is 0 Å². The lowest BCUT2D eigenvalue weighted by Crippen LogP contribution is -1.97. The Hall–Kier alpha value is 0.0700. The Morgan fingerprint density at radius 3 is 0.964 bits per heavy atom. The molecule has 28 heavy (non-hydrogen) atoms. The zero-order valence-corrected chi connectivity index (χ0v) is 19.6. The van der Waals surface area contributed by atoms with E-state index >= 15 is 0 Å². The summed E-state index contributed by atoms with van der Waals surface area (Å²) < 4.78 is 14.6. The van der Waals surface area contributed by atoms with Crippen molar-refractivity contribution >= 4 is 7.82 Å². The van der Waals surface area contributed by atoms with Gasteiger partial charge < -0.3 is 19.4 Å². The van der Waals surface area contributed by atoms with Gasteiger partial charge in [0.05, 0.1) is 0 Å². The molecule has 0 rings (SSSR count). The van der Waals surface area contributed by atoms with Crippen LogP contribution in [0.1, 0.15) is 129 Å². The number of ether oxygens (including phenoxy) is 1. The SMILES string of the molecule is CCCCCCCCCCCOCCCCCCCCCCC.O=P(O)(O)O. The van der Waals surface area contributed by atoms with Gasteiger partial charge >= 0.3 is 7.82 Å². The molecule has 5 nitrogen and oxygen atoms in total. The van der Waals surface area contributed by atoms with Gasteiger partial charge in [0.1, 0.15) is 0 Å². The first kappa shape index (κ1) is 30.3. The molecule has 0 saturated heterocycles. The summed E-state index contributed by atoms with van der Waals surface area (Å²) in [7, 11) is -4.64. The third-order valence-corrected chi connectivity index (χ3v) is 4.78. The molecule has 0 bridgehead atoms. The van der Waals surface area contributed by atoms with Crippen molar-refractivity contribution in [2.45, 2.75) is 129 Å². The van der Waals surface area contributed by atoms with Crippen LogP contribution in [-0.2, 0) is 9.30 Å². The second kappa shape index (κ2) is 25.1. The topological polar surface area (TPSA) is 87.0 Å². The Morgan fingerprint density at radius 1 is 0.500 bits per heavy atom. The molecule has 0 radical (unpaired) electrons. The predicted octanol–water partition coefficient (Wildman–Crippen LogP) is 7.14. The summed E-state index contributed by atoms with van der Waals surface area (Å²) in [5, 5.41) is 0. The van der Waals surface area contributed by atoms with Crippen molar-refractivity contribution in [3.63, 3.8) is 0 Å². The summed E-state index contributed by atoms with van der Waals surface area (Å²) >= 11 is 0. The monoisotopic (exact) mass is 424 g/mol. The average Bonchev–Trinajstić information content (AvgIpc) is 2.62. The molecule has 0 atom stereocenters. The average molecular weight is 425 g/mol. The Balaban J connectivity index is 0. The van der Waals surface area contributed by atoms with Crippen LogP contribution in [0.25, 0.3) is 0 Å². The Labute approximate surface area is 174 Å². The van der Waals surface area contributed by atoms with E-state index in [4.69, 9.17) is 24.0 Å². The van der Waals surface area contributed by atoms with Crippen LogP contribution in [-0.4, -0.2) is 27.9 Å². The van der Waals surface area contributed by atoms with Crippen LogP contribution in [0.15, 0.2) is 0 Å². The van der Waals surface area contributed by atoms with Crippen molar-refractivity contribution in [2.75, 3.05) is 13.2 Å². The second-order valence-corrected chi connectivity index (χ2v) is 8.81. The van der Waals surface area contributed by atoms with Crippen molar-refractivity contribution < 1.29 is 24.0 Å². The number of rotatable bonds is 20. The molecular weight excluding hydrogens is 375 g/mol. The summed E-state index contributed by atoms with van der Waals surface area (Å²) in [6, 6.07) is 0. The molecule has 0 aromatic rings. The fraction of sp³-hybridized carbons (Fsp3) is 1.00. The van der Waals surface area contributed by atoms with E-state index in [0.717, 1.165) is 13.2 Å². The number of hydrogen-bond donors (Lipinski definition) is 3. The molecule has 0 aromatic carbocycles. The fourth-order valence-electron chi connectivity index (χ4n) is 3.13. The molecule has 6 heteroatoms. The lowest BCUT2D eigenvalue weighted by Gasteiger charge is -2.05. The highest BCUT2D eigenvalue weighted by atomic mass is 31.2. The zero-order chi connectivity index (χ0) is 21.3. The van der Waals surface area contributed by atoms with Gasteiger partial charge in [-0.25, -0.2) is 4.57 Å². The summed E-state index contributed by atoms with van der Waals surface area (Å²) in [4.78, 5) is 21.6. The summed E-state index contributed by atoms with van der Waals surface area (Å²) in [6.07, 6.45) is 25.2. The first-order valence-corrected chi connectivity index (χ1v) is 13.3. The molecule has 0 aromatic heterocycles. The normalized spacial score (nSPS) is 11.3. The molecule has 0 amide bonds. The minimum Gasteiger partial charge on any atom is -0.381 e. The number of phosphoric acid groups is 1. The summed E-state index contributed by atoms with van der Waals surface area (Å²) in [5.74, 6) is 0. The summed E-state index contributed by atoms with van der Waals surface area (Å²) in [6.45, 7) is 6.56. The van der Waals surface area contributed by atoms with Gasteiger partial charge in [-0.05, 0) is 12.8 Å². The van der Waals surface area contributed by atoms with Crippen LogP contribution in [0, 0.1) is 0 Å². The van der Waals surface area contributed by atoms with Crippen LogP contribution < -0.4 is 0 Å². The van der Waals surface area contributed by atoms with Gasteiger partial charge in [0, 0.05) is 13.2 Å². The van der Waals surface area contributed by atoms with Gasteiger partial charge in [0.15, 0.2) is 0 Å². The molecule has 0 aliphatic carbocycles. The quantitative estimate of drug-likeness (QED) is 0.143. The maximum Gasteiger partial charge on any atom is 0.466 e. The maximum absolute atomic E-state index is 8.88. The van der Waals surface area contributed by atoms with Crippen molar-refractivity contribution in [3.8, 4) is 0 Å². The predicted molar refractivity (Wildman–Crippen MR) is 120 cm³/mol. The van der Waals surface area contributed by atoms with Gasteiger partial charge in [-0.3, -0.25) is 0 Å². The Bertz CT molecular complexity index is 292. The minimum absolute atomic E-state index is 0.993. The molecule has 0 unspecified atom stereocenters. The Kier molecular flexibility index (Phi) is 27.1. The van der Waals surface area contributed by atoms with Gasteiger partial charge in [-0.2, -0.15) is 0 Å². The molecule has 0 spiro atoms. The lowest BCUT2D eigenvalue weighted by atomic mass is 10.1. The van der Waals surface area contributed by atoms with E-state index in [9.17, 15) is 0 Å². The second-order valence-electron chi connectivity index (χ2n) is 7.78. The van der Waals surface area contributed by atoms with Gasteiger partial charge in [-0.15, -0.1) is 0 Å². The van der Waals surface area contributed by atoms with Gasteiger partial charge in [0.2, 0.25) is 0 Å². The molecule has 0 heterocycles. The Morgan fingerprint density at radius 2 is 0.714 bits per heavy atom. The van der Waals surface area contributed by atoms with E-state index in [2.05, 4.69) is 13.8 Å². The third-order valence-electron chi connectivity index (χ3n) is 4.78. The van der Waals surface area contributed by atoms with Crippen molar-refractivity contribution in [3.05, 3.63) is 0 Å². The molecule has 3 N–H and O–H groups in total. The van der Waals surface area contributed by atoms with Crippen molar-refractivity contribution in [2.24, 2.45) is 0 Å². The summed E-state index contributed by atoms with van der Waals surface area (Å²) in [5.41, 5.74) is 0. The van der Waals surface area contributed by atoms with Gasteiger partial charge in [-0.1, -0.05) is 117 Å². The van der Waals surface area contributed by atoms with Crippen LogP contribution in [0.4, 0.5) is 0 Å². The lowest BCUT2D eigenvalue weighted by molar-refractivity contribution is 0.125. The fourth-order valence-corrected chi connectivity index (χ4v) is 3.13. The largest absolute Gasteiger partial charge is 0.466 e. The van der Waals surface area contributed by atoms with Crippen molar-refractivity contribution in [1.29, 1.82) is 0 Å². The zero-order valence-electron chi connectivity index (χ0n) is 18.7. The maximum atomic E-state index is 8.88. The van der Waals surface area contributed by atoms with Crippen LogP contribution >= 0.6 is 7.82 Å². The van der Waals surface area contributed by atoms with Crippen LogP contribution in [0.5, 0.6) is 0 Å². The molecule has 0 aliphatic heterocycles. The van der Waals surface area contributed by atoms with E-state index < -0.39 is 7.82 Å². The molecule has 0 fully saturated rings. The first-order valence-electron chi connectivity index (χ1n) is 11.8. The van der Waals surface area contributed by atoms with E-state index in [1.54, 1.807) is 0 Å². The van der Waals surface area contributed by atoms with E-state index in [1.165, 1.54) is 116 Å². The highest BCUT2D eigenvalue weighted by molar-refractivity contribution is 7.45. The first-order chi connectivity index (χ1) is 13.4. The molecule has 0 aliphatic rings. The van der Waals surface area contributed by atoms with Gasteiger partial charge in [0.25, 0.3) is 0 Å². The van der Waals surface area contributed by atoms with Crippen molar-refractivity contribution in [1.82, 2.24) is 0 Å². The molecule has 0 saturated carbocycles. The smallest absolute Gasteiger partial charge is 0.381 e. The van der Waals surface area contributed by atoms with E-state index in [-0.39, 0.29) is 0 Å². The highest BCUT2D eigenvalue weighted by Gasteiger charge is 2.00.